The first kappa shape index (κ1) is 17.6. The summed E-state index contributed by atoms with van der Waals surface area (Å²) in [6, 6.07) is 14.2. The number of aryl methyl sites for hydroxylation is 2. The molecule has 2 amide bonds. The van der Waals surface area contributed by atoms with Crippen molar-refractivity contribution >= 4 is 29.0 Å². The lowest BCUT2D eigenvalue weighted by molar-refractivity contribution is 0.200. The Morgan fingerprint density at radius 3 is 2.68 bits per heavy atom. The van der Waals surface area contributed by atoms with Gasteiger partial charge < -0.3 is 15.1 Å². The number of urea groups is 1. The molecular formula is C20H24ClN3O. The van der Waals surface area contributed by atoms with Crippen LogP contribution in [-0.4, -0.2) is 36.6 Å². The Bertz CT molecular complexity index is 777. The Hall–Kier alpha value is -2.20. The van der Waals surface area contributed by atoms with Gasteiger partial charge in [0.1, 0.15) is 0 Å². The molecule has 0 aromatic heterocycles. The van der Waals surface area contributed by atoms with Gasteiger partial charge in [0.15, 0.2) is 0 Å². The second kappa shape index (κ2) is 7.36. The van der Waals surface area contributed by atoms with E-state index < -0.39 is 0 Å². The third-order valence-corrected chi connectivity index (χ3v) is 4.92. The summed E-state index contributed by atoms with van der Waals surface area (Å²) >= 11 is 6.04. The zero-order valence-electron chi connectivity index (χ0n) is 14.9. The highest BCUT2D eigenvalue weighted by Gasteiger charge is 2.27. The van der Waals surface area contributed by atoms with E-state index in [4.69, 9.17) is 11.6 Å². The molecule has 1 fully saturated rings. The highest BCUT2D eigenvalue weighted by atomic mass is 35.5. The van der Waals surface area contributed by atoms with Crippen LogP contribution in [0.4, 0.5) is 16.2 Å². The molecule has 2 aromatic rings. The van der Waals surface area contributed by atoms with Gasteiger partial charge >= 0.3 is 6.03 Å². The maximum Gasteiger partial charge on any atom is 0.321 e. The minimum atomic E-state index is -0.0684. The molecule has 1 atom stereocenters. The van der Waals surface area contributed by atoms with Crippen molar-refractivity contribution in [2.45, 2.75) is 26.8 Å². The van der Waals surface area contributed by atoms with Crippen molar-refractivity contribution in [1.82, 2.24) is 4.90 Å². The highest BCUT2D eigenvalue weighted by Crippen LogP contribution is 2.23. The van der Waals surface area contributed by atoms with E-state index >= 15 is 0 Å². The number of hydrogen-bond acceptors (Lipinski definition) is 2. The van der Waals surface area contributed by atoms with E-state index in [2.05, 4.69) is 48.3 Å². The lowest BCUT2D eigenvalue weighted by Crippen LogP contribution is -2.54. The number of halogens is 1. The quantitative estimate of drug-likeness (QED) is 0.845. The Kier molecular flexibility index (Phi) is 5.19. The Morgan fingerprint density at radius 2 is 1.96 bits per heavy atom. The highest BCUT2D eigenvalue weighted by molar-refractivity contribution is 6.31. The minimum absolute atomic E-state index is 0.0684. The minimum Gasteiger partial charge on any atom is -0.365 e. The van der Waals surface area contributed by atoms with E-state index in [1.165, 1.54) is 11.3 Å². The molecule has 1 unspecified atom stereocenters. The molecule has 25 heavy (non-hydrogen) atoms. The number of nitrogens with zero attached hydrogens (tertiary/aromatic N) is 2. The zero-order chi connectivity index (χ0) is 18.0. The molecule has 132 valence electrons. The van der Waals surface area contributed by atoms with E-state index in [9.17, 15) is 4.79 Å². The summed E-state index contributed by atoms with van der Waals surface area (Å²) < 4.78 is 0. The van der Waals surface area contributed by atoms with Crippen molar-refractivity contribution in [2.24, 2.45) is 0 Å². The molecule has 0 bridgehead atoms. The van der Waals surface area contributed by atoms with Crippen molar-refractivity contribution in [3.63, 3.8) is 0 Å². The van der Waals surface area contributed by atoms with Gasteiger partial charge in [-0.05, 0) is 56.2 Å². The van der Waals surface area contributed by atoms with Gasteiger partial charge in [0.05, 0.1) is 0 Å². The van der Waals surface area contributed by atoms with Gasteiger partial charge in [-0.1, -0.05) is 29.8 Å². The van der Waals surface area contributed by atoms with Gasteiger partial charge in [0, 0.05) is 42.1 Å². The Labute approximate surface area is 154 Å². The Morgan fingerprint density at radius 1 is 1.16 bits per heavy atom. The molecule has 1 saturated heterocycles. The first-order valence-corrected chi connectivity index (χ1v) is 8.97. The van der Waals surface area contributed by atoms with Gasteiger partial charge in [-0.3, -0.25) is 0 Å². The van der Waals surface area contributed by atoms with Crippen LogP contribution in [0.25, 0.3) is 0 Å². The van der Waals surface area contributed by atoms with Crippen LogP contribution >= 0.6 is 11.6 Å². The molecule has 1 heterocycles. The predicted molar refractivity (Wildman–Crippen MR) is 105 cm³/mol. The van der Waals surface area contributed by atoms with Crippen LogP contribution in [0.2, 0.25) is 5.02 Å². The topological polar surface area (TPSA) is 35.6 Å². The SMILES string of the molecule is Cc1cccc(N2CCN(C(=O)Nc3cc(Cl)ccc3C)CC2C)c1. The molecule has 3 rings (SSSR count). The second-order valence-corrected chi connectivity index (χ2v) is 7.15. The van der Waals surface area contributed by atoms with Gasteiger partial charge in [0.25, 0.3) is 0 Å². The number of benzene rings is 2. The summed E-state index contributed by atoms with van der Waals surface area (Å²) in [7, 11) is 0. The molecule has 2 aromatic carbocycles. The molecule has 1 N–H and O–H groups in total. The van der Waals surface area contributed by atoms with E-state index in [1.807, 2.05) is 24.0 Å². The maximum absolute atomic E-state index is 12.6. The van der Waals surface area contributed by atoms with Crippen LogP contribution in [0.5, 0.6) is 0 Å². The van der Waals surface area contributed by atoms with E-state index in [0.29, 0.717) is 18.1 Å². The Balaban J connectivity index is 1.66. The summed E-state index contributed by atoms with van der Waals surface area (Å²) in [6.45, 7) is 8.44. The zero-order valence-corrected chi connectivity index (χ0v) is 15.7. The van der Waals surface area contributed by atoms with Gasteiger partial charge in [-0.25, -0.2) is 4.79 Å². The first-order valence-electron chi connectivity index (χ1n) is 8.59. The molecule has 5 heteroatoms. The number of piperazine rings is 1. The fraction of sp³-hybridized carbons (Fsp3) is 0.350. The van der Waals surface area contributed by atoms with Crippen molar-refractivity contribution in [3.05, 3.63) is 58.6 Å². The molecule has 4 nitrogen and oxygen atoms in total. The largest absolute Gasteiger partial charge is 0.365 e. The summed E-state index contributed by atoms with van der Waals surface area (Å²) in [5.41, 5.74) is 4.25. The number of nitrogens with one attached hydrogen (secondary N) is 1. The van der Waals surface area contributed by atoms with Gasteiger partial charge in [-0.15, -0.1) is 0 Å². The van der Waals surface area contributed by atoms with Crippen LogP contribution in [0.1, 0.15) is 18.1 Å². The third-order valence-electron chi connectivity index (χ3n) is 4.69. The van der Waals surface area contributed by atoms with Crippen molar-refractivity contribution < 1.29 is 4.79 Å². The standard InChI is InChI=1S/C20H24ClN3O/c1-14-5-4-6-18(11-14)24-10-9-23(13-16(24)3)20(25)22-19-12-17(21)8-7-15(19)2/h4-8,11-12,16H,9-10,13H2,1-3H3,(H,22,25). The summed E-state index contributed by atoms with van der Waals surface area (Å²) in [6.07, 6.45) is 0. The lowest BCUT2D eigenvalue weighted by atomic mass is 10.1. The van der Waals surface area contributed by atoms with Gasteiger partial charge in [-0.2, -0.15) is 0 Å². The number of hydrogen-bond donors (Lipinski definition) is 1. The summed E-state index contributed by atoms with van der Waals surface area (Å²) in [5, 5.41) is 3.61. The van der Waals surface area contributed by atoms with Crippen molar-refractivity contribution in [1.29, 1.82) is 0 Å². The molecule has 0 aliphatic carbocycles. The van der Waals surface area contributed by atoms with Crippen LogP contribution in [-0.2, 0) is 0 Å². The fourth-order valence-electron chi connectivity index (χ4n) is 3.26. The normalized spacial score (nSPS) is 17.5. The molecule has 0 spiro atoms. The number of rotatable bonds is 2. The van der Waals surface area contributed by atoms with Crippen LogP contribution < -0.4 is 10.2 Å². The maximum atomic E-state index is 12.6. The number of carbonyl (C=O) groups is 1. The molecular weight excluding hydrogens is 334 g/mol. The van der Waals surface area contributed by atoms with Gasteiger partial charge in [0.2, 0.25) is 0 Å². The third kappa shape index (κ3) is 4.07. The summed E-state index contributed by atoms with van der Waals surface area (Å²) in [4.78, 5) is 16.9. The predicted octanol–water partition coefficient (Wildman–Crippen LogP) is 4.70. The number of carbonyl (C=O) groups excluding carboxylic acids is 1. The average Bonchev–Trinajstić information content (AvgIpc) is 2.58. The number of anilines is 2. The molecule has 0 saturated carbocycles. The van der Waals surface area contributed by atoms with E-state index in [-0.39, 0.29) is 12.1 Å². The average molecular weight is 358 g/mol. The molecule has 1 aliphatic rings. The molecule has 1 aliphatic heterocycles. The second-order valence-electron chi connectivity index (χ2n) is 6.72. The fourth-order valence-corrected chi connectivity index (χ4v) is 3.43. The lowest BCUT2D eigenvalue weighted by Gasteiger charge is -2.41. The van der Waals surface area contributed by atoms with Crippen LogP contribution in [0.15, 0.2) is 42.5 Å². The number of amides is 2. The first-order chi connectivity index (χ1) is 11.9. The monoisotopic (exact) mass is 357 g/mol. The van der Waals surface area contributed by atoms with E-state index in [0.717, 1.165) is 17.8 Å². The van der Waals surface area contributed by atoms with Crippen molar-refractivity contribution in [2.75, 3.05) is 29.9 Å². The van der Waals surface area contributed by atoms with Crippen LogP contribution in [0.3, 0.4) is 0 Å². The van der Waals surface area contributed by atoms with Crippen molar-refractivity contribution in [3.8, 4) is 0 Å². The smallest absolute Gasteiger partial charge is 0.321 e. The van der Waals surface area contributed by atoms with E-state index in [1.54, 1.807) is 6.07 Å². The molecule has 0 radical (unpaired) electrons. The van der Waals surface area contributed by atoms with Crippen LogP contribution in [0, 0.1) is 13.8 Å². The summed E-state index contributed by atoms with van der Waals surface area (Å²) in [5.74, 6) is 0.